The third-order valence-corrected chi connectivity index (χ3v) is 3.25. The average Bonchev–Trinajstić information content (AvgIpc) is 2.39. The summed E-state index contributed by atoms with van der Waals surface area (Å²) in [5.41, 5.74) is 2.86. The normalized spacial score (nSPS) is 10.7. The van der Waals surface area contributed by atoms with Gasteiger partial charge in [-0.25, -0.2) is 15.0 Å². The summed E-state index contributed by atoms with van der Waals surface area (Å²) in [6.07, 6.45) is 1.32. The predicted molar refractivity (Wildman–Crippen MR) is 77.2 cm³/mol. The molecule has 0 aliphatic carbocycles. The summed E-state index contributed by atoms with van der Waals surface area (Å²) in [6, 6.07) is 11.7. The zero-order chi connectivity index (χ0) is 12.5. The molecule has 1 aromatic carbocycles. The maximum atomic E-state index is 9.68. The first-order valence-electron chi connectivity index (χ1n) is 5.31. The van der Waals surface area contributed by atoms with Crippen molar-refractivity contribution < 1.29 is 5.11 Å². The fraction of sp³-hybridized carbons (Fsp3) is 0. The average molecular weight is 349 g/mol. The molecule has 0 fully saturated rings. The van der Waals surface area contributed by atoms with Gasteiger partial charge in [0.05, 0.1) is 11.2 Å². The van der Waals surface area contributed by atoms with Gasteiger partial charge in [-0.05, 0) is 46.9 Å². The predicted octanol–water partition coefficient (Wildman–Crippen LogP) is 3.00. The Kier molecular flexibility index (Phi) is 2.83. The van der Waals surface area contributed by atoms with Crippen LogP contribution in [0, 0.1) is 3.57 Å². The Morgan fingerprint density at radius 2 is 1.94 bits per heavy atom. The van der Waals surface area contributed by atoms with E-state index in [0.29, 0.717) is 11.0 Å². The smallest absolute Gasteiger partial charge is 0.241 e. The first-order chi connectivity index (χ1) is 8.74. The van der Waals surface area contributed by atoms with Crippen LogP contribution in [0.4, 0.5) is 0 Å². The highest BCUT2D eigenvalue weighted by Crippen LogP contribution is 2.24. The molecule has 0 atom stereocenters. The largest absolute Gasteiger partial charge is 0.492 e. The van der Waals surface area contributed by atoms with Gasteiger partial charge < -0.3 is 5.11 Å². The standard InChI is InChI=1S/C13H8IN3O/c14-9-3-1-2-8(6-9)10-4-5-11-12(17-10)13(18)16-7-15-11/h1-7H,(H,15,16,18). The van der Waals surface area contributed by atoms with Crippen LogP contribution in [0.25, 0.3) is 22.3 Å². The van der Waals surface area contributed by atoms with Gasteiger partial charge in [-0.15, -0.1) is 0 Å². The molecular formula is C13H8IN3O. The van der Waals surface area contributed by atoms with E-state index in [1.54, 1.807) is 0 Å². The fourth-order valence-corrected chi connectivity index (χ4v) is 2.28. The van der Waals surface area contributed by atoms with Gasteiger partial charge >= 0.3 is 0 Å². The van der Waals surface area contributed by atoms with Crippen molar-refractivity contribution >= 4 is 33.6 Å². The second-order valence-electron chi connectivity index (χ2n) is 3.77. The van der Waals surface area contributed by atoms with Crippen LogP contribution in [-0.4, -0.2) is 20.1 Å². The molecule has 0 saturated heterocycles. The van der Waals surface area contributed by atoms with E-state index < -0.39 is 0 Å². The Balaban J connectivity index is 2.22. The van der Waals surface area contributed by atoms with Gasteiger partial charge in [0.1, 0.15) is 6.33 Å². The number of hydrogen-bond donors (Lipinski definition) is 1. The minimum atomic E-state index is -0.0903. The summed E-state index contributed by atoms with van der Waals surface area (Å²) in [4.78, 5) is 12.2. The van der Waals surface area contributed by atoms with Gasteiger partial charge in [0.15, 0.2) is 5.52 Å². The van der Waals surface area contributed by atoms with Crippen LogP contribution in [0.1, 0.15) is 0 Å². The highest BCUT2D eigenvalue weighted by Gasteiger charge is 2.06. The van der Waals surface area contributed by atoms with Crippen molar-refractivity contribution in [3.63, 3.8) is 0 Å². The lowest BCUT2D eigenvalue weighted by Crippen LogP contribution is -1.89. The van der Waals surface area contributed by atoms with Crippen LogP contribution in [-0.2, 0) is 0 Å². The molecule has 18 heavy (non-hydrogen) atoms. The van der Waals surface area contributed by atoms with Gasteiger partial charge in [0.2, 0.25) is 5.88 Å². The molecule has 0 spiro atoms. The molecule has 0 aliphatic rings. The highest BCUT2D eigenvalue weighted by atomic mass is 127. The van der Waals surface area contributed by atoms with Gasteiger partial charge in [0, 0.05) is 9.13 Å². The van der Waals surface area contributed by atoms with E-state index in [-0.39, 0.29) is 5.88 Å². The van der Waals surface area contributed by atoms with E-state index in [1.165, 1.54) is 6.33 Å². The zero-order valence-electron chi connectivity index (χ0n) is 9.21. The lowest BCUT2D eigenvalue weighted by atomic mass is 10.1. The maximum Gasteiger partial charge on any atom is 0.241 e. The topological polar surface area (TPSA) is 58.9 Å². The van der Waals surface area contributed by atoms with Crippen molar-refractivity contribution in [1.29, 1.82) is 0 Å². The number of aromatic hydroxyl groups is 1. The highest BCUT2D eigenvalue weighted by molar-refractivity contribution is 14.1. The van der Waals surface area contributed by atoms with Crippen molar-refractivity contribution in [3.05, 3.63) is 46.3 Å². The van der Waals surface area contributed by atoms with Crippen LogP contribution in [0.3, 0.4) is 0 Å². The van der Waals surface area contributed by atoms with E-state index >= 15 is 0 Å². The fourth-order valence-electron chi connectivity index (χ4n) is 1.74. The lowest BCUT2D eigenvalue weighted by Gasteiger charge is -2.04. The Morgan fingerprint density at radius 1 is 1.06 bits per heavy atom. The number of benzene rings is 1. The molecule has 0 unspecified atom stereocenters. The third kappa shape index (κ3) is 2.01. The Morgan fingerprint density at radius 3 is 2.78 bits per heavy atom. The van der Waals surface area contributed by atoms with Gasteiger partial charge in [0.25, 0.3) is 0 Å². The minimum absolute atomic E-state index is 0.0903. The van der Waals surface area contributed by atoms with Crippen molar-refractivity contribution in [2.45, 2.75) is 0 Å². The number of rotatable bonds is 1. The molecule has 3 aromatic rings. The summed E-state index contributed by atoms with van der Waals surface area (Å²) in [6.45, 7) is 0. The summed E-state index contributed by atoms with van der Waals surface area (Å²) < 4.78 is 1.14. The number of pyridine rings is 1. The number of hydrogen-bond acceptors (Lipinski definition) is 4. The van der Waals surface area contributed by atoms with E-state index in [2.05, 4.69) is 37.5 Å². The molecule has 3 rings (SSSR count). The van der Waals surface area contributed by atoms with Crippen LogP contribution in [0.5, 0.6) is 5.88 Å². The Labute approximate surface area is 117 Å². The molecule has 2 heterocycles. The molecule has 4 nitrogen and oxygen atoms in total. The first kappa shape index (κ1) is 11.3. The molecular weight excluding hydrogens is 341 g/mol. The SMILES string of the molecule is Oc1ncnc2ccc(-c3cccc(I)c3)nc12. The summed E-state index contributed by atoms with van der Waals surface area (Å²) in [7, 11) is 0. The molecule has 0 aliphatic heterocycles. The minimum Gasteiger partial charge on any atom is -0.492 e. The molecule has 2 aromatic heterocycles. The van der Waals surface area contributed by atoms with Crippen LogP contribution in [0.2, 0.25) is 0 Å². The summed E-state index contributed by atoms with van der Waals surface area (Å²) in [5, 5.41) is 9.68. The molecule has 0 bridgehead atoms. The second kappa shape index (κ2) is 4.49. The Hall–Kier alpha value is -1.76. The quantitative estimate of drug-likeness (QED) is 0.687. The summed E-state index contributed by atoms with van der Waals surface area (Å²) >= 11 is 2.26. The van der Waals surface area contributed by atoms with Crippen molar-refractivity contribution in [2.75, 3.05) is 0 Å². The Bertz CT molecular complexity index is 730. The lowest BCUT2D eigenvalue weighted by molar-refractivity contribution is 0.458. The number of fused-ring (bicyclic) bond motifs is 1. The molecule has 0 saturated carbocycles. The van der Waals surface area contributed by atoms with Crippen LogP contribution >= 0.6 is 22.6 Å². The molecule has 0 radical (unpaired) electrons. The van der Waals surface area contributed by atoms with Gasteiger partial charge in [-0.1, -0.05) is 12.1 Å². The molecule has 88 valence electrons. The van der Waals surface area contributed by atoms with Crippen molar-refractivity contribution in [3.8, 4) is 17.1 Å². The van der Waals surface area contributed by atoms with Crippen LogP contribution < -0.4 is 0 Å². The monoisotopic (exact) mass is 349 g/mol. The molecule has 0 amide bonds. The van der Waals surface area contributed by atoms with Crippen molar-refractivity contribution in [1.82, 2.24) is 15.0 Å². The maximum absolute atomic E-state index is 9.68. The van der Waals surface area contributed by atoms with E-state index in [9.17, 15) is 5.11 Å². The summed E-state index contributed by atoms with van der Waals surface area (Å²) in [5.74, 6) is -0.0903. The molecule has 5 heteroatoms. The molecule has 1 N–H and O–H groups in total. The van der Waals surface area contributed by atoms with E-state index in [4.69, 9.17) is 0 Å². The first-order valence-corrected chi connectivity index (χ1v) is 6.38. The second-order valence-corrected chi connectivity index (χ2v) is 5.02. The van der Waals surface area contributed by atoms with Crippen LogP contribution in [0.15, 0.2) is 42.7 Å². The van der Waals surface area contributed by atoms with Crippen molar-refractivity contribution in [2.24, 2.45) is 0 Å². The number of nitrogens with zero attached hydrogens (tertiary/aromatic N) is 3. The number of aromatic nitrogens is 3. The van der Waals surface area contributed by atoms with E-state index in [1.807, 2.05) is 36.4 Å². The third-order valence-electron chi connectivity index (χ3n) is 2.58. The number of halogens is 1. The van der Waals surface area contributed by atoms with Gasteiger partial charge in [-0.3, -0.25) is 0 Å². The van der Waals surface area contributed by atoms with E-state index in [0.717, 1.165) is 14.8 Å². The zero-order valence-corrected chi connectivity index (χ0v) is 11.4. The van der Waals surface area contributed by atoms with Gasteiger partial charge in [-0.2, -0.15) is 0 Å².